The van der Waals surface area contributed by atoms with Crippen LogP contribution in [0.25, 0.3) is 0 Å². The standard InChI is InChI=1S/C9H10N2O2.C2H6/c1-12-4-5-13-9-2-3-11-8(6-9)7-10;1-2/h2-3,6H,4-5H2,1H3;1-2H3. The van der Waals surface area contributed by atoms with Gasteiger partial charge in [0.15, 0.2) is 0 Å². The fourth-order valence-corrected chi connectivity index (χ4v) is 0.805. The van der Waals surface area contributed by atoms with Crippen molar-refractivity contribution in [3.63, 3.8) is 0 Å². The van der Waals surface area contributed by atoms with E-state index in [1.165, 1.54) is 0 Å². The number of methoxy groups -OCH3 is 1. The maximum absolute atomic E-state index is 8.54. The van der Waals surface area contributed by atoms with Crippen LogP contribution in [0.4, 0.5) is 0 Å². The Kier molecular flexibility index (Phi) is 8.02. The van der Waals surface area contributed by atoms with E-state index in [0.717, 1.165) is 0 Å². The van der Waals surface area contributed by atoms with E-state index in [2.05, 4.69) is 4.98 Å². The zero-order valence-electron chi connectivity index (χ0n) is 9.36. The predicted octanol–water partition coefficient (Wildman–Crippen LogP) is 2.00. The second kappa shape index (κ2) is 8.97. The first kappa shape index (κ1) is 13.4. The Bertz CT molecular complexity index is 308. The highest BCUT2D eigenvalue weighted by Crippen LogP contribution is 2.09. The highest BCUT2D eigenvalue weighted by molar-refractivity contribution is 5.29. The first-order chi connectivity index (χ1) is 7.36. The second-order valence-electron chi connectivity index (χ2n) is 2.33. The number of aromatic nitrogens is 1. The normalized spacial score (nSPS) is 8.40. The summed E-state index contributed by atoms with van der Waals surface area (Å²) in [5, 5.41) is 8.54. The van der Waals surface area contributed by atoms with Crippen LogP contribution in [-0.4, -0.2) is 25.3 Å². The first-order valence-corrected chi connectivity index (χ1v) is 4.84. The van der Waals surface area contributed by atoms with Gasteiger partial charge in [0.2, 0.25) is 0 Å². The molecule has 82 valence electrons. The summed E-state index contributed by atoms with van der Waals surface area (Å²) in [6.45, 7) is 5.01. The van der Waals surface area contributed by atoms with Crippen molar-refractivity contribution in [1.82, 2.24) is 4.98 Å². The Morgan fingerprint density at radius 1 is 1.40 bits per heavy atom. The van der Waals surface area contributed by atoms with Gasteiger partial charge >= 0.3 is 0 Å². The molecule has 1 aromatic rings. The Labute approximate surface area is 90.5 Å². The van der Waals surface area contributed by atoms with E-state index < -0.39 is 0 Å². The molecule has 1 heterocycles. The molecule has 0 unspecified atom stereocenters. The minimum absolute atomic E-state index is 0.356. The Hall–Kier alpha value is -1.60. The minimum Gasteiger partial charge on any atom is -0.491 e. The molecule has 4 heteroatoms. The Balaban J connectivity index is 0.000000921. The van der Waals surface area contributed by atoms with Gasteiger partial charge in [0.1, 0.15) is 24.1 Å². The zero-order valence-corrected chi connectivity index (χ0v) is 9.36. The number of pyridine rings is 1. The maximum atomic E-state index is 8.54. The van der Waals surface area contributed by atoms with Crippen molar-refractivity contribution in [1.29, 1.82) is 5.26 Å². The molecule has 0 bridgehead atoms. The molecule has 0 saturated heterocycles. The van der Waals surface area contributed by atoms with Crippen LogP contribution in [0, 0.1) is 11.3 Å². The van der Waals surface area contributed by atoms with Crippen LogP contribution in [0.2, 0.25) is 0 Å². The van der Waals surface area contributed by atoms with Crippen molar-refractivity contribution >= 4 is 0 Å². The van der Waals surface area contributed by atoms with Gasteiger partial charge < -0.3 is 9.47 Å². The number of nitriles is 1. The molecule has 0 amide bonds. The molecule has 0 atom stereocenters. The lowest BCUT2D eigenvalue weighted by atomic mass is 10.3. The van der Waals surface area contributed by atoms with Crippen molar-refractivity contribution < 1.29 is 9.47 Å². The molecule has 0 saturated carbocycles. The van der Waals surface area contributed by atoms with Gasteiger partial charge in [-0.1, -0.05) is 13.8 Å². The molecule has 15 heavy (non-hydrogen) atoms. The molecule has 4 nitrogen and oxygen atoms in total. The molecular weight excluding hydrogens is 192 g/mol. The molecular formula is C11H16N2O2. The highest BCUT2D eigenvalue weighted by Gasteiger charge is 1.95. The summed E-state index contributed by atoms with van der Waals surface area (Å²) in [5.41, 5.74) is 0.356. The van der Waals surface area contributed by atoms with E-state index >= 15 is 0 Å². The first-order valence-electron chi connectivity index (χ1n) is 4.84. The summed E-state index contributed by atoms with van der Waals surface area (Å²) in [6, 6.07) is 5.23. The van der Waals surface area contributed by atoms with Gasteiger partial charge in [-0.3, -0.25) is 0 Å². The number of hydrogen-bond acceptors (Lipinski definition) is 4. The third-order valence-corrected chi connectivity index (χ3v) is 1.40. The van der Waals surface area contributed by atoms with Gasteiger partial charge in [0, 0.05) is 19.4 Å². The number of rotatable bonds is 4. The fraction of sp³-hybridized carbons (Fsp3) is 0.455. The lowest BCUT2D eigenvalue weighted by Gasteiger charge is -2.04. The van der Waals surface area contributed by atoms with Crippen molar-refractivity contribution in [2.45, 2.75) is 13.8 Å². The monoisotopic (exact) mass is 208 g/mol. The predicted molar refractivity (Wildman–Crippen MR) is 57.7 cm³/mol. The van der Waals surface area contributed by atoms with E-state index in [1.807, 2.05) is 19.9 Å². The summed E-state index contributed by atoms with van der Waals surface area (Å²) in [6.07, 6.45) is 1.54. The van der Waals surface area contributed by atoms with Crippen LogP contribution < -0.4 is 4.74 Å². The summed E-state index contributed by atoms with van der Waals surface area (Å²) in [7, 11) is 1.61. The number of nitrogens with zero attached hydrogens (tertiary/aromatic N) is 2. The van der Waals surface area contributed by atoms with Crippen molar-refractivity contribution in [3.05, 3.63) is 24.0 Å². The molecule has 1 aromatic heterocycles. The van der Waals surface area contributed by atoms with Crippen molar-refractivity contribution in [2.75, 3.05) is 20.3 Å². The summed E-state index contributed by atoms with van der Waals surface area (Å²) < 4.78 is 10.1. The van der Waals surface area contributed by atoms with Crippen molar-refractivity contribution in [3.8, 4) is 11.8 Å². The Morgan fingerprint density at radius 2 is 2.13 bits per heavy atom. The van der Waals surface area contributed by atoms with Gasteiger partial charge in [0.05, 0.1) is 6.61 Å². The van der Waals surface area contributed by atoms with Crippen LogP contribution in [0.1, 0.15) is 19.5 Å². The van der Waals surface area contributed by atoms with Gasteiger partial charge in [-0.2, -0.15) is 5.26 Å². The summed E-state index contributed by atoms with van der Waals surface area (Å²) in [5.74, 6) is 0.642. The van der Waals surface area contributed by atoms with E-state index in [4.69, 9.17) is 14.7 Å². The van der Waals surface area contributed by atoms with E-state index in [0.29, 0.717) is 24.7 Å². The molecule has 0 aliphatic rings. The Morgan fingerprint density at radius 3 is 2.73 bits per heavy atom. The van der Waals surface area contributed by atoms with Crippen LogP contribution in [0.3, 0.4) is 0 Å². The number of hydrogen-bond donors (Lipinski definition) is 0. The third kappa shape index (κ3) is 5.66. The largest absolute Gasteiger partial charge is 0.491 e. The average Bonchev–Trinajstić information content (AvgIpc) is 2.32. The van der Waals surface area contributed by atoms with E-state index in [1.54, 1.807) is 25.4 Å². The molecule has 0 aliphatic heterocycles. The average molecular weight is 208 g/mol. The minimum atomic E-state index is 0.356. The van der Waals surface area contributed by atoms with Gasteiger partial charge in [-0.05, 0) is 6.07 Å². The topological polar surface area (TPSA) is 55.1 Å². The second-order valence-corrected chi connectivity index (χ2v) is 2.33. The summed E-state index contributed by atoms with van der Waals surface area (Å²) in [4.78, 5) is 3.81. The molecule has 0 N–H and O–H groups in total. The molecule has 0 aromatic carbocycles. The lowest BCUT2D eigenvalue weighted by Crippen LogP contribution is -2.04. The van der Waals surface area contributed by atoms with Gasteiger partial charge in [0.25, 0.3) is 0 Å². The van der Waals surface area contributed by atoms with Crippen LogP contribution in [0.5, 0.6) is 5.75 Å². The molecule has 0 spiro atoms. The molecule has 0 aliphatic carbocycles. The number of ether oxygens (including phenoxy) is 2. The smallest absolute Gasteiger partial charge is 0.144 e. The van der Waals surface area contributed by atoms with Crippen LogP contribution in [-0.2, 0) is 4.74 Å². The van der Waals surface area contributed by atoms with Crippen LogP contribution >= 0.6 is 0 Å². The van der Waals surface area contributed by atoms with E-state index in [9.17, 15) is 0 Å². The van der Waals surface area contributed by atoms with Crippen LogP contribution in [0.15, 0.2) is 18.3 Å². The SMILES string of the molecule is CC.COCCOc1ccnc(C#N)c1. The van der Waals surface area contributed by atoms with Gasteiger partial charge in [-0.25, -0.2) is 4.98 Å². The molecule has 0 fully saturated rings. The van der Waals surface area contributed by atoms with Crippen molar-refractivity contribution in [2.24, 2.45) is 0 Å². The quantitative estimate of drug-likeness (QED) is 0.710. The highest BCUT2D eigenvalue weighted by atomic mass is 16.5. The third-order valence-electron chi connectivity index (χ3n) is 1.40. The van der Waals surface area contributed by atoms with Gasteiger partial charge in [-0.15, -0.1) is 0 Å². The van der Waals surface area contributed by atoms with E-state index in [-0.39, 0.29) is 0 Å². The fourth-order valence-electron chi connectivity index (χ4n) is 0.805. The molecule has 0 radical (unpaired) electrons. The maximum Gasteiger partial charge on any atom is 0.144 e. The molecule has 1 rings (SSSR count). The zero-order chi connectivity index (χ0) is 11.5. The summed E-state index contributed by atoms with van der Waals surface area (Å²) >= 11 is 0. The lowest BCUT2D eigenvalue weighted by molar-refractivity contribution is 0.146.